The van der Waals surface area contributed by atoms with E-state index in [1.165, 1.54) is 24.1 Å². The van der Waals surface area contributed by atoms with Gasteiger partial charge in [0.2, 0.25) is 0 Å². The fourth-order valence-corrected chi connectivity index (χ4v) is 4.55. The molecule has 0 saturated carbocycles. The molecule has 2 aliphatic rings. The van der Waals surface area contributed by atoms with E-state index in [-0.39, 0.29) is 30.5 Å². The van der Waals surface area contributed by atoms with Gasteiger partial charge in [0, 0.05) is 61.8 Å². The second-order valence-corrected chi connectivity index (χ2v) is 8.81. The quantitative estimate of drug-likeness (QED) is 0.642. The first-order valence-electron chi connectivity index (χ1n) is 11.0. The minimum absolute atomic E-state index is 0.0337. The third kappa shape index (κ3) is 4.89. The van der Waals surface area contributed by atoms with E-state index in [1.807, 2.05) is 11.8 Å². The van der Waals surface area contributed by atoms with Gasteiger partial charge in [-0.1, -0.05) is 0 Å². The Balaban J connectivity index is 1.64. The topological polar surface area (TPSA) is 84.9 Å². The first kappa shape index (κ1) is 24.4. The number of hydrogen-bond acceptors (Lipinski definition) is 7. The number of nitrogens with zero attached hydrogens (tertiary/aromatic N) is 4. The zero-order chi connectivity index (χ0) is 24.7. The minimum Gasteiger partial charge on any atom is -0.377 e. The molecule has 2 fully saturated rings. The SMILES string of the molecule is C[C@@H]1COCCN1c1cc(N2CCN(C(C)(O)c3cncc(F)c3)CC2C(F)(F)F)[nH]c(=O)c1. The Morgan fingerprint density at radius 1 is 1.15 bits per heavy atom. The van der Waals surface area contributed by atoms with Crippen LogP contribution in [0.5, 0.6) is 0 Å². The Bertz CT molecular complexity index is 1080. The number of rotatable bonds is 4. The summed E-state index contributed by atoms with van der Waals surface area (Å²) in [4.78, 5) is 22.9. The Morgan fingerprint density at radius 2 is 1.91 bits per heavy atom. The highest BCUT2D eigenvalue weighted by molar-refractivity contribution is 5.56. The number of halogens is 4. The van der Waals surface area contributed by atoms with Crippen molar-refractivity contribution in [1.29, 1.82) is 0 Å². The first-order chi connectivity index (χ1) is 16.0. The molecule has 2 saturated heterocycles. The molecule has 0 bridgehead atoms. The molecule has 0 aromatic carbocycles. The predicted octanol–water partition coefficient (Wildman–Crippen LogP) is 2.05. The summed E-state index contributed by atoms with van der Waals surface area (Å²) in [5, 5.41) is 11.0. The molecule has 0 amide bonds. The minimum atomic E-state index is -4.66. The van der Waals surface area contributed by atoms with Crippen LogP contribution in [0.3, 0.4) is 0 Å². The Labute approximate surface area is 193 Å². The van der Waals surface area contributed by atoms with Crippen molar-refractivity contribution in [1.82, 2.24) is 14.9 Å². The first-order valence-corrected chi connectivity index (χ1v) is 11.0. The van der Waals surface area contributed by atoms with Crippen molar-refractivity contribution >= 4 is 11.5 Å². The van der Waals surface area contributed by atoms with Crippen LogP contribution in [0.25, 0.3) is 0 Å². The number of pyridine rings is 2. The molecule has 2 N–H and O–H groups in total. The lowest BCUT2D eigenvalue weighted by molar-refractivity contribution is -0.179. The predicted molar refractivity (Wildman–Crippen MR) is 117 cm³/mol. The number of alkyl halides is 3. The molecule has 3 atom stereocenters. The Morgan fingerprint density at radius 3 is 2.59 bits per heavy atom. The van der Waals surface area contributed by atoms with Crippen molar-refractivity contribution < 1.29 is 27.4 Å². The molecule has 2 aliphatic heterocycles. The number of morpholine rings is 1. The molecule has 2 unspecified atom stereocenters. The van der Waals surface area contributed by atoms with Crippen LogP contribution in [0.1, 0.15) is 19.4 Å². The van der Waals surface area contributed by atoms with Gasteiger partial charge >= 0.3 is 6.18 Å². The third-order valence-corrected chi connectivity index (χ3v) is 6.45. The zero-order valence-corrected chi connectivity index (χ0v) is 18.8. The fraction of sp³-hybridized carbons (Fsp3) is 0.545. The van der Waals surface area contributed by atoms with Crippen LogP contribution in [0.15, 0.2) is 35.4 Å². The lowest BCUT2D eigenvalue weighted by Gasteiger charge is -2.48. The number of piperazine rings is 1. The number of anilines is 2. The van der Waals surface area contributed by atoms with Crippen LogP contribution < -0.4 is 15.4 Å². The fourth-order valence-electron chi connectivity index (χ4n) is 4.55. The number of ether oxygens (including phenoxy) is 1. The normalized spacial score (nSPS) is 24.2. The maximum Gasteiger partial charge on any atom is 0.410 e. The number of aromatic nitrogens is 2. The highest BCUT2D eigenvalue weighted by Gasteiger charge is 2.50. The Kier molecular flexibility index (Phi) is 6.58. The average molecular weight is 485 g/mol. The summed E-state index contributed by atoms with van der Waals surface area (Å²) in [7, 11) is 0. The molecule has 0 aliphatic carbocycles. The molecule has 4 heterocycles. The van der Waals surface area contributed by atoms with Gasteiger partial charge in [0.05, 0.1) is 19.4 Å². The monoisotopic (exact) mass is 485 g/mol. The Hall–Kier alpha value is -2.70. The van der Waals surface area contributed by atoms with Crippen molar-refractivity contribution in [2.45, 2.75) is 37.8 Å². The molecule has 0 radical (unpaired) electrons. The van der Waals surface area contributed by atoms with E-state index >= 15 is 0 Å². The van der Waals surface area contributed by atoms with Crippen molar-refractivity contribution in [3.63, 3.8) is 0 Å². The van der Waals surface area contributed by atoms with Crippen LogP contribution in [0.4, 0.5) is 29.1 Å². The van der Waals surface area contributed by atoms with Crippen molar-refractivity contribution in [2.75, 3.05) is 49.2 Å². The van der Waals surface area contributed by atoms with Gasteiger partial charge in [0.25, 0.3) is 5.56 Å². The van der Waals surface area contributed by atoms with Crippen LogP contribution in [0, 0.1) is 5.82 Å². The zero-order valence-electron chi connectivity index (χ0n) is 18.8. The van der Waals surface area contributed by atoms with E-state index in [2.05, 4.69) is 9.97 Å². The van der Waals surface area contributed by atoms with Gasteiger partial charge in [-0.3, -0.25) is 14.7 Å². The van der Waals surface area contributed by atoms with Crippen molar-refractivity contribution in [3.05, 3.63) is 52.3 Å². The number of hydrogen-bond donors (Lipinski definition) is 2. The van der Waals surface area contributed by atoms with Crippen molar-refractivity contribution in [2.24, 2.45) is 0 Å². The maximum atomic E-state index is 14.2. The summed E-state index contributed by atoms with van der Waals surface area (Å²) in [5.74, 6) is -0.647. The second kappa shape index (κ2) is 9.16. The van der Waals surface area contributed by atoms with Gasteiger partial charge in [0.1, 0.15) is 23.4 Å². The molecule has 4 rings (SSSR count). The van der Waals surface area contributed by atoms with E-state index in [1.54, 1.807) is 6.07 Å². The van der Waals surface area contributed by atoms with Crippen LogP contribution >= 0.6 is 0 Å². The molecule has 8 nitrogen and oxygen atoms in total. The van der Waals surface area contributed by atoms with Gasteiger partial charge in [-0.15, -0.1) is 0 Å². The number of aromatic amines is 1. The van der Waals surface area contributed by atoms with Gasteiger partial charge in [-0.2, -0.15) is 13.2 Å². The summed E-state index contributed by atoms with van der Waals surface area (Å²) in [6.45, 7) is 3.99. The smallest absolute Gasteiger partial charge is 0.377 e. The van der Waals surface area contributed by atoms with Crippen LogP contribution in [-0.2, 0) is 10.5 Å². The summed E-state index contributed by atoms with van der Waals surface area (Å²) < 4.78 is 61.6. The standard InChI is InChI=1S/C22H27F4N5O3/c1-14-13-34-6-5-30(14)17-8-19(28-20(32)9-17)31-4-3-29(12-18(31)22(24,25)26)21(2,33)15-7-16(23)11-27-10-15/h7-11,14,18,33H,3-6,12-13H2,1-2H3,(H,28,32)/t14-,18?,21?/m1/s1. The van der Waals surface area contributed by atoms with Gasteiger partial charge in [-0.25, -0.2) is 4.39 Å². The maximum absolute atomic E-state index is 14.2. The molecule has 186 valence electrons. The molecular formula is C22H27F4N5O3. The number of nitrogens with one attached hydrogen (secondary N) is 1. The van der Waals surface area contributed by atoms with Gasteiger partial charge < -0.3 is 24.6 Å². The number of aliphatic hydroxyl groups is 1. The molecule has 0 spiro atoms. The van der Waals surface area contributed by atoms with Crippen LogP contribution in [0.2, 0.25) is 0 Å². The highest BCUT2D eigenvalue weighted by atomic mass is 19.4. The average Bonchev–Trinajstić information content (AvgIpc) is 2.78. The molecule has 12 heteroatoms. The summed E-state index contributed by atoms with van der Waals surface area (Å²) in [6, 6.07) is 1.92. The van der Waals surface area contributed by atoms with Crippen LogP contribution in [-0.4, -0.2) is 77.6 Å². The number of H-pyrrole nitrogens is 1. The van der Waals surface area contributed by atoms with E-state index < -0.39 is 35.9 Å². The highest BCUT2D eigenvalue weighted by Crippen LogP contribution is 2.36. The summed E-state index contributed by atoms with van der Waals surface area (Å²) in [6.07, 6.45) is -2.48. The van der Waals surface area contributed by atoms with E-state index in [0.29, 0.717) is 25.4 Å². The van der Waals surface area contributed by atoms with E-state index in [0.717, 1.165) is 17.2 Å². The molecule has 34 heavy (non-hydrogen) atoms. The van der Waals surface area contributed by atoms with Crippen molar-refractivity contribution in [3.8, 4) is 0 Å². The van der Waals surface area contributed by atoms with Gasteiger partial charge in [-0.05, 0) is 19.9 Å². The molecular weight excluding hydrogens is 458 g/mol. The summed E-state index contributed by atoms with van der Waals surface area (Å²) >= 11 is 0. The summed E-state index contributed by atoms with van der Waals surface area (Å²) in [5.41, 5.74) is -1.80. The largest absolute Gasteiger partial charge is 0.410 e. The lowest BCUT2D eigenvalue weighted by atomic mass is 10.0. The molecule has 2 aromatic heterocycles. The van der Waals surface area contributed by atoms with E-state index in [4.69, 9.17) is 4.74 Å². The third-order valence-electron chi connectivity index (χ3n) is 6.45. The lowest BCUT2D eigenvalue weighted by Crippen LogP contribution is -2.63. The van der Waals surface area contributed by atoms with Gasteiger partial charge in [0.15, 0.2) is 0 Å². The molecule has 2 aromatic rings. The second-order valence-electron chi connectivity index (χ2n) is 8.81. The van der Waals surface area contributed by atoms with E-state index in [9.17, 15) is 27.5 Å².